The van der Waals surface area contributed by atoms with Crippen molar-refractivity contribution in [3.05, 3.63) is 125 Å². The number of aliphatic carboxylic acids is 1. The number of rotatable bonds is 11. The molecule has 0 heterocycles. The van der Waals surface area contributed by atoms with Gasteiger partial charge in [0.2, 0.25) is 0 Å². The molecule has 0 aliphatic heterocycles. The largest absolute Gasteiger partial charge is 0.481 e. The van der Waals surface area contributed by atoms with E-state index in [1.807, 2.05) is 60.7 Å². The van der Waals surface area contributed by atoms with Crippen LogP contribution >= 0.6 is 0 Å². The fourth-order valence-electron chi connectivity index (χ4n) is 5.81. The molecule has 5 rings (SSSR count). The summed E-state index contributed by atoms with van der Waals surface area (Å²) in [4.78, 5) is 38.7. The first-order valence-corrected chi connectivity index (χ1v) is 15.4. The van der Waals surface area contributed by atoms with Crippen LogP contribution in [0.2, 0.25) is 0 Å². The summed E-state index contributed by atoms with van der Waals surface area (Å²) in [5.74, 6) is -0.721. The molecule has 45 heavy (non-hydrogen) atoms. The molecule has 0 saturated heterocycles. The van der Waals surface area contributed by atoms with Crippen molar-refractivity contribution in [1.82, 2.24) is 10.6 Å². The third-order valence-electron chi connectivity index (χ3n) is 8.24. The second-order valence-electron chi connectivity index (χ2n) is 11.3. The van der Waals surface area contributed by atoms with E-state index in [0.717, 1.165) is 27.9 Å². The zero-order chi connectivity index (χ0) is 30.7. The molecule has 1 aliphatic carbocycles. The Labute approximate surface area is 266 Å². The van der Waals surface area contributed by atoms with E-state index in [-0.39, 0.29) is 32.3 Å². The Morgan fingerprint density at radius 3 is 2.11 bits per heavy atom. The molecule has 0 bridgehead atoms. The second kappa shape index (κ2) is 16.2. The van der Waals surface area contributed by atoms with E-state index in [9.17, 15) is 14.4 Å². The van der Waals surface area contributed by atoms with Crippen molar-refractivity contribution in [2.75, 3.05) is 11.4 Å². The fourth-order valence-corrected chi connectivity index (χ4v) is 5.81. The van der Waals surface area contributed by atoms with E-state index in [1.165, 1.54) is 37.7 Å². The lowest BCUT2D eigenvalue weighted by molar-refractivity contribution is -0.136. The third-order valence-corrected chi connectivity index (χ3v) is 8.24. The summed E-state index contributed by atoms with van der Waals surface area (Å²) in [6.45, 7) is 0.750. The molecule has 7 heteroatoms. The zero-order valence-corrected chi connectivity index (χ0v) is 24.9. The normalized spacial score (nSPS) is 12.9. The number of nitrogens with zero attached hydrogens (tertiary/aromatic N) is 1. The van der Waals surface area contributed by atoms with Crippen molar-refractivity contribution in [3.63, 3.8) is 0 Å². The Bertz CT molecular complexity index is 1550. The number of carbonyl (C=O) groups excluding carboxylic acids is 2. The number of carboxylic acid groups (broad SMARTS) is 1. The maximum absolute atomic E-state index is 13.8. The molecular weight excluding hydrogens is 562 g/mol. The Balaban J connectivity index is 0.00000461. The number of anilines is 1. The quantitative estimate of drug-likeness (QED) is 0.161. The van der Waals surface area contributed by atoms with Crippen LogP contribution in [0.25, 0.3) is 11.1 Å². The lowest BCUT2D eigenvalue weighted by Gasteiger charge is -2.26. The summed E-state index contributed by atoms with van der Waals surface area (Å²) in [6, 6.07) is 33.4. The van der Waals surface area contributed by atoms with Crippen molar-refractivity contribution < 1.29 is 19.5 Å². The van der Waals surface area contributed by atoms with Gasteiger partial charge in [-0.2, -0.15) is 0 Å². The van der Waals surface area contributed by atoms with Crippen LogP contribution in [0.15, 0.2) is 103 Å². The Hall–Kier alpha value is -4.91. The van der Waals surface area contributed by atoms with Crippen LogP contribution in [0.1, 0.15) is 78.9 Å². The lowest BCUT2D eigenvalue weighted by Crippen LogP contribution is -2.39. The first-order valence-electron chi connectivity index (χ1n) is 15.4. The van der Waals surface area contributed by atoms with Gasteiger partial charge in [0.25, 0.3) is 5.91 Å². The van der Waals surface area contributed by atoms with Crippen molar-refractivity contribution in [1.29, 1.82) is 0 Å². The number of carbonyl (C=O) groups is 3. The molecule has 4 aromatic rings. The first-order chi connectivity index (χ1) is 21.5. The minimum absolute atomic E-state index is 0. The standard InChI is InChI=1S/C37H39N3O4.CH4/c41-35(42)23-24-38-36(43)31-17-15-27(16-18-31)26-40(33-21-19-29(20-22-33)28-9-3-1-4-10-28)37(44)39-25-32-13-7-8-14-34(32)30-11-5-2-6-12-30;/h2,5-8,11-22,28H,1,3-4,9-10,23-26H2,(H,38,43)(H,39,44)(H,41,42);1H4. The van der Waals surface area contributed by atoms with Crippen LogP contribution in [-0.2, 0) is 17.9 Å². The van der Waals surface area contributed by atoms with Crippen LogP contribution in [0, 0.1) is 0 Å². The van der Waals surface area contributed by atoms with Gasteiger partial charge in [0.05, 0.1) is 13.0 Å². The van der Waals surface area contributed by atoms with E-state index in [1.54, 1.807) is 17.0 Å². The predicted octanol–water partition coefficient (Wildman–Crippen LogP) is 8.16. The molecule has 0 aromatic heterocycles. The van der Waals surface area contributed by atoms with Crippen LogP contribution in [0.3, 0.4) is 0 Å². The lowest BCUT2D eigenvalue weighted by atomic mass is 9.84. The van der Waals surface area contributed by atoms with Crippen LogP contribution in [-0.4, -0.2) is 29.6 Å². The summed E-state index contributed by atoms with van der Waals surface area (Å²) in [6.07, 6.45) is 6.11. The van der Waals surface area contributed by atoms with Gasteiger partial charge in [0, 0.05) is 24.3 Å². The Kier molecular flexibility index (Phi) is 11.9. The van der Waals surface area contributed by atoms with Crippen LogP contribution < -0.4 is 15.5 Å². The molecule has 234 valence electrons. The minimum atomic E-state index is -0.964. The molecule has 3 N–H and O–H groups in total. The van der Waals surface area contributed by atoms with E-state index in [2.05, 4.69) is 41.0 Å². The summed E-state index contributed by atoms with van der Waals surface area (Å²) < 4.78 is 0. The van der Waals surface area contributed by atoms with Crippen molar-refractivity contribution in [2.24, 2.45) is 0 Å². The highest BCUT2D eigenvalue weighted by molar-refractivity contribution is 5.94. The molecule has 7 nitrogen and oxygen atoms in total. The van der Waals surface area contributed by atoms with Gasteiger partial charge in [-0.25, -0.2) is 4.79 Å². The first kappa shape index (κ1) is 33.0. The van der Waals surface area contributed by atoms with Crippen molar-refractivity contribution >= 4 is 23.6 Å². The maximum atomic E-state index is 13.8. The van der Waals surface area contributed by atoms with E-state index < -0.39 is 5.97 Å². The second-order valence-corrected chi connectivity index (χ2v) is 11.3. The highest BCUT2D eigenvalue weighted by Crippen LogP contribution is 2.33. The molecular formula is C38H43N3O4. The SMILES string of the molecule is C.O=C(O)CCNC(=O)c1ccc(CN(C(=O)NCc2ccccc2-c2ccccc2)c2ccc(C3CCCCC3)cc2)cc1. The molecule has 1 aliphatic rings. The molecule has 0 radical (unpaired) electrons. The van der Waals surface area contributed by atoms with E-state index in [4.69, 9.17) is 5.11 Å². The highest BCUT2D eigenvalue weighted by atomic mass is 16.4. The molecule has 1 saturated carbocycles. The fraction of sp³-hybridized carbons (Fsp3) is 0.289. The van der Waals surface area contributed by atoms with E-state index in [0.29, 0.717) is 24.6 Å². The molecule has 3 amide bonds. The number of benzene rings is 4. The topological polar surface area (TPSA) is 98.7 Å². The van der Waals surface area contributed by atoms with Gasteiger partial charge in [0.1, 0.15) is 0 Å². The molecule has 1 fully saturated rings. The zero-order valence-electron chi connectivity index (χ0n) is 24.9. The van der Waals surface area contributed by atoms with Gasteiger partial charge >= 0.3 is 12.0 Å². The summed E-state index contributed by atoms with van der Waals surface area (Å²) in [5, 5.41) is 14.6. The molecule has 0 spiro atoms. The average molecular weight is 606 g/mol. The van der Waals surface area contributed by atoms with Gasteiger partial charge in [-0.3, -0.25) is 14.5 Å². The smallest absolute Gasteiger partial charge is 0.322 e. The van der Waals surface area contributed by atoms with Gasteiger partial charge in [-0.05, 0) is 70.8 Å². The van der Waals surface area contributed by atoms with E-state index >= 15 is 0 Å². The Morgan fingerprint density at radius 1 is 0.756 bits per heavy atom. The molecule has 4 aromatic carbocycles. The van der Waals surface area contributed by atoms with Crippen molar-refractivity contribution in [3.8, 4) is 11.1 Å². The number of urea groups is 1. The summed E-state index contributed by atoms with van der Waals surface area (Å²) in [7, 11) is 0. The van der Waals surface area contributed by atoms with Gasteiger partial charge < -0.3 is 15.7 Å². The summed E-state index contributed by atoms with van der Waals surface area (Å²) >= 11 is 0. The van der Waals surface area contributed by atoms with Crippen LogP contribution in [0.5, 0.6) is 0 Å². The Morgan fingerprint density at radius 2 is 1.42 bits per heavy atom. The number of carboxylic acids is 1. The molecule has 0 atom stereocenters. The predicted molar refractivity (Wildman–Crippen MR) is 180 cm³/mol. The number of nitrogens with one attached hydrogen (secondary N) is 2. The average Bonchev–Trinajstić information content (AvgIpc) is 3.07. The number of hydrogen-bond donors (Lipinski definition) is 3. The summed E-state index contributed by atoms with van der Waals surface area (Å²) in [5.41, 5.74) is 6.62. The number of hydrogen-bond acceptors (Lipinski definition) is 3. The molecule has 0 unspecified atom stereocenters. The maximum Gasteiger partial charge on any atom is 0.322 e. The monoisotopic (exact) mass is 605 g/mol. The highest BCUT2D eigenvalue weighted by Gasteiger charge is 2.20. The van der Waals surface area contributed by atoms with Gasteiger partial charge in [-0.1, -0.05) is 106 Å². The van der Waals surface area contributed by atoms with Crippen LogP contribution in [0.4, 0.5) is 10.5 Å². The van der Waals surface area contributed by atoms with Crippen molar-refractivity contribution in [2.45, 2.75) is 65.0 Å². The number of amides is 3. The minimum Gasteiger partial charge on any atom is -0.481 e. The van der Waals surface area contributed by atoms with Gasteiger partial charge in [-0.15, -0.1) is 0 Å². The van der Waals surface area contributed by atoms with Gasteiger partial charge in [0.15, 0.2) is 0 Å². The third kappa shape index (κ3) is 9.05.